The molecule has 2 aromatic carbocycles. The standard InChI is InChI=1S/C23H16ClNO5S/c1-13-2-4-14(5-3-13)12-25-21(26)20(31-23(25)29)11-16-7-9-19(30-16)17-10-15(22(27)28)6-8-18(17)24/h2-11H,12H2,1H3,(H,27,28)/b20-11-. The summed E-state index contributed by atoms with van der Waals surface area (Å²) in [4.78, 5) is 37.7. The maximum absolute atomic E-state index is 12.7. The van der Waals surface area contributed by atoms with E-state index >= 15 is 0 Å². The highest BCUT2D eigenvalue weighted by molar-refractivity contribution is 8.18. The number of hydrogen-bond donors (Lipinski definition) is 1. The predicted molar refractivity (Wildman–Crippen MR) is 119 cm³/mol. The first-order valence-corrected chi connectivity index (χ1v) is 10.5. The third-order valence-corrected chi connectivity index (χ3v) is 5.95. The van der Waals surface area contributed by atoms with Crippen LogP contribution in [0.3, 0.4) is 0 Å². The van der Waals surface area contributed by atoms with Gasteiger partial charge in [-0.3, -0.25) is 14.5 Å². The molecule has 0 aliphatic carbocycles. The number of benzene rings is 2. The van der Waals surface area contributed by atoms with Crippen molar-refractivity contribution >= 4 is 46.6 Å². The van der Waals surface area contributed by atoms with Gasteiger partial charge in [0.1, 0.15) is 11.5 Å². The van der Waals surface area contributed by atoms with Crippen LogP contribution in [0.25, 0.3) is 17.4 Å². The number of aryl methyl sites for hydroxylation is 1. The molecule has 0 unspecified atom stereocenters. The minimum atomic E-state index is -1.08. The largest absolute Gasteiger partial charge is 0.478 e. The molecule has 8 heteroatoms. The zero-order valence-electron chi connectivity index (χ0n) is 16.3. The second kappa shape index (κ2) is 8.45. The van der Waals surface area contributed by atoms with Gasteiger partial charge in [-0.05, 0) is 54.6 Å². The summed E-state index contributed by atoms with van der Waals surface area (Å²) in [6.07, 6.45) is 1.50. The van der Waals surface area contributed by atoms with E-state index in [1.165, 1.54) is 29.2 Å². The van der Waals surface area contributed by atoms with Crippen LogP contribution in [0.4, 0.5) is 4.79 Å². The first kappa shape index (κ1) is 21.0. The SMILES string of the molecule is Cc1ccc(CN2C(=O)S/C(=C\c3ccc(-c4cc(C(=O)O)ccc4Cl)o3)C2=O)cc1. The van der Waals surface area contributed by atoms with Gasteiger partial charge in [0, 0.05) is 11.6 Å². The Morgan fingerprint density at radius 1 is 1.13 bits per heavy atom. The maximum Gasteiger partial charge on any atom is 0.335 e. The van der Waals surface area contributed by atoms with E-state index < -0.39 is 5.97 Å². The van der Waals surface area contributed by atoms with Crippen LogP contribution >= 0.6 is 23.4 Å². The minimum absolute atomic E-state index is 0.0783. The molecular weight excluding hydrogens is 438 g/mol. The van der Waals surface area contributed by atoms with Gasteiger partial charge < -0.3 is 9.52 Å². The zero-order chi connectivity index (χ0) is 22.1. The summed E-state index contributed by atoms with van der Waals surface area (Å²) in [6, 6.07) is 15.2. The summed E-state index contributed by atoms with van der Waals surface area (Å²) in [5, 5.41) is 9.17. The van der Waals surface area contributed by atoms with E-state index in [-0.39, 0.29) is 28.2 Å². The van der Waals surface area contributed by atoms with Gasteiger partial charge in [0.25, 0.3) is 11.1 Å². The molecule has 156 valence electrons. The van der Waals surface area contributed by atoms with Crippen molar-refractivity contribution in [1.29, 1.82) is 0 Å². The van der Waals surface area contributed by atoms with Crippen LogP contribution in [0, 0.1) is 6.92 Å². The molecule has 1 fully saturated rings. The second-order valence-corrected chi connectivity index (χ2v) is 8.36. The molecule has 0 atom stereocenters. The molecule has 1 aliphatic rings. The van der Waals surface area contributed by atoms with E-state index in [2.05, 4.69) is 0 Å². The van der Waals surface area contributed by atoms with Crippen LogP contribution in [0.1, 0.15) is 27.2 Å². The second-order valence-electron chi connectivity index (χ2n) is 6.96. The zero-order valence-corrected chi connectivity index (χ0v) is 17.9. The lowest BCUT2D eigenvalue weighted by Gasteiger charge is -2.12. The number of thioether (sulfide) groups is 1. The van der Waals surface area contributed by atoms with Crippen LogP contribution in [0.5, 0.6) is 0 Å². The number of carboxylic acid groups (broad SMARTS) is 1. The number of halogens is 1. The van der Waals surface area contributed by atoms with E-state index in [0.717, 1.165) is 22.9 Å². The van der Waals surface area contributed by atoms with E-state index in [1.807, 2.05) is 31.2 Å². The molecule has 0 bridgehead atoms. The smallest absolute Gasteiger partial charge is 0.335 e. The summed E-state index contributed by atoms with van der Waals surface area (Å²) in [5.74, 6) is -0.753. The molecule has 1 aliphatic heterocycles. The van der Waals surface area contributed by atoms with Gasteiger partial charge in [-0.2, -0.15) is 0 Å². The predicted octanol–water partition coefficient (Wildman–Crippen LogP) is 5.84. The van der Waals surface area contributed by atoms with Gasteiger partial charge in [-0.15, -0.1) is 0 Å². The fraction of sp³-hybridized carbons (Fsp3) is 0.0870. The Labute approximate surface area is 187 Å². The summed E-state index contributed by atoms with van der Waals surface area (Å²) >= 11 is 7.03. The number of rotatable bonds is 5. The number of hydrogen-bond acceptors (Lipinski definition) is 5. The average molecular weight is 454 g/mol. The lowest BCUT2D eigenvalue weighted by atomic mass is 10.1. The number of furan rings is 1. The molecule has 0 saturated carbocycles. The molecule has 3 aromatic rings. The van der Waals surface area contributed by atoms with Crippen LogP contribution in [-0.4, -0.2) is 27.1 Å². The molecule has 0 spiro atoms. The van der Waals surface area contributed by atoms with Gasteiger partial charge in [-0.25, -0.2) is 4.79 Å². The third-order valence-electron chi connectivity index (χ3n) is 4.71. The van der Waals surface area contributed by atoms with Crippen LogP contribution < -0.4 is 0 Å². The van der Waals surface area contributed by atoms with Crippen molar-refractivity contribution in [2.75, 3.05) is 0 Å². The lowest BCUT2D eigenvalue weighted by Crippen LogP contribution is -2.27. The number of amides is 2. The van der Waals surface area contributed by atoms with Crippen molar-refractivity contribution < 1.29 is 23.9 Å². The van der Waals surface area contributed by atoms with E-state index in [1.54, 1.807) is 12.1 Å². The van der Waals surface area contributed by atoms with Gasteiger partial charge in [0.2, 0.25) is 0 Å². The fourth-order valence-electron chi connectivity index (χ4n) is 3.06. The molecule has 1 saturated heterocycles. The Kier molecular flexibility index (Phi) is 5.71. The fourth-order valence-corrected chi connectivity index (χ4v) is 4.09. The van der Waals surface area contributed by atoms with Crippen LogP contribution in [-0.2, 0) is 11.3 Å². The third kappa shape index (κ3) is 4.42. The number of aromatic carboxylic acids is 1. The molecule has 1 aromatic heterocycles. The number of carbonyl (C=O) groups is 3. The molecule has 31 heavy (non-hydrogen) atoms. The number of nitrogens with zero attached hydrogens (tertiary/aromatic N) is 1. The molecule has 2 heterocycles. The lowest BCUT2D eigenvalue weighted by molar-refractivity contribution is -0.123. The van der Waals surface area contributed by atoms with Gasteiger partial charge in [-0.1, -0.05) is 41.4 Å². The highest BCUT2D eigenvalue weighted by Gasteiger charge is 2.35. The Morgan fingerprint density at radius 2 is 1.87 bits per heavy atom. The van der Waals surface area contributed by atoms with E-state index in [9.17, 15) is 19.5 Å². The summed E-state index contributed by atoms with van der Waals surface area (Å²) < 4.78 is 5.75. The van der Waals surface area contributed by atoms with Crippen molar-refractivity contribution in [1.82, 2.24) is 4.90 Å². The monoisotopic (exact) mass is 453 g/mol. The molecule has 4 rings (SSSR count). The van der Waals surface area contributed by atoms with Crippen molar-refractivity contribution in [2.24, 2.45) is 0 Å². The van der Waals surface area contributed by atoms with E-state index in [0.29, 0.717) is 22.1 Å². The number of carbonyl (C=O) groups excluding carboxylic acids is 2. The quantitative estimate of drug-likeness (QED) is 0.488. The Morgan fingerprint density at radius 3 is 2.58 bits per heavy atom. The van der Waals surface area contributed by atoms with E-state index in [4.69, 9.17) is 16.0 Å². The van der Waals surface area contributed by atoms with Crippen molar-refractivity contribution in [3.05, 3.63) is 87.0 Å². The number of carboxylic acids is 1. The first-order chi connectivity index (χ1) is 14.8. The van der Waals surface area contributed by atoms with Gasteiger partial charge in [0.15, 0.2) is 0 Å². The topological polar surface area (TPSA) is 87.8 Å². The Balaban J connectivity index is 1.56. The summed E-state index contributed by atoms with van der Waals surface area (Å²) in [6.45, 7) is 2.17. The van der Waals surface area contributed by atoms with Crippen molar-refractivity contribution in [2.45, 2.75) is 13.5 Å². The van der Waals surface area contributed by atoms with Crippen LogP contribution in [0.2, 0.25) is 5.02 Å². The molecular formula is C23H16ClNO5S. The highest BCUT2D eigenvalue weighted by Crippen LogP contribution is 2.35. The van der Waals surface area contributed by atoms with Gasteiger partial charge >= 0.3 is 5.97 Å². The van der Waals surface area contributed by atoms with Crippen molar-refractivity contribution in [3.8, 4) is 11.3 Å². The Hall–Kier alpha value is -3.29. The maximum atomic E-state index is 12.7. The number of imide groups is 1. The molecule has 1 N–H and O–H groups in total. The first-order valence-electron chi connectivity index (χ1n) is 9.26. The highest BCUT2D eigenvalue weighted by atomic mass is 35.5. The molecule has 6 nitrogen and oxygen atoms in total. The van der Waals surface area contributed by atoms with Crippen molar-refractivity contribution in [3.63, 3.8) is 0 Å². The minimum Gasteiger partial charge on any atom is -0.478 e. The summed E-state index contributed by atoms with van der Waals surface area (Å²) in [5.41, 5.74) is 2.46. The normalized spacial score (nSPS) is 15.2. The average Bonchev–Trinajstić information content (AvgIpc) is 3.30. The summed E-state index contributed by atoms with van der Waals surface area (Å²) in [7, 11) is 0. The van der Waals surface area contributed by atoms with Gasteiger partial charge in [0.05, 0.1) is 22.0 Å². The molecule has 2 amide bonds. The Bertz CT molecular complexity index is 1230. The molecule has 0 radical (unpaired) electrons. The van der Waals surface area contributed by atoms with Crippen LogP contribution in [0.15, 0.2) is 63.9 Å².